The summed E-state index contributed by atoms with van der Waals surface area (Å²) in [5, 5.41) is 6.40. The zero-order valence-corrected chi connectivity index (χ0v) is 25.2. The van der Waals surface area contributed by atoms with Gasteiger partial charge in [-0.05, 0) is 61.7 Å². The minimum absolute atomic E-state index is 0.0341. The van der Waals surface area contributed by atoms with Gasteiger partial charge >= 0.3 is 6.03 Å². The summed E-state index contributed by atoms with van der Waals surface area (Å²) >= 11 is 1.36. The number of amides is 4. The second-order valence-corrected chi connectivity index (χ2v) is 12.3. The number of hydrogen-bond acceptors (Lipinski definition) is 7. The van der Waals surface area contributed by atoms with Crippen molar-refractivity contribution in [3.8, 4) is 11.5 Å². The molecule has 4 heterocycles. The zero-order valence-electron chi connectivity index (χ0n) is 24.4. The Balaban J connectivity index is 1.18. The van der Waals surface area contributed by atoms with Crippen LogP contribution in [0.3, 0.4) is 0 Å². The van der Waals surface area contributed by atoms with Gasteiger partial charge in [-0.1, -0.05) is 36.9 Å². The van der Waals surface area contributed by atoms with Crippen LogP contribution in [0.25, 0.3) is 0 Å². The fraction of sp³-hybridized carbons (Fsp3) is 0.375. The maximum Gasteiger partial charge on any atom is 0.327 e. The topological polar surface area (TPSA) is 113 Å². The zero-order chi connectivity index (χ0) is 30.1. The number of benzene rings is 2. The molecule has 4 atom stereocenters. The van der Waals surface area contributed by atoms with Crippen molar-refractivity contribution >= 4 is 41.0 Å². The average Bonchev–Trinajstić information content (AvgIpc) is 3.38. The van der Waals surface area contributed by atoms with Crippen LogP contribution in [-0.4, -0.2) is 65.8 Å². The average molecular weight is 602 g/mol. The summed E-state index contributed by atoms with van der Waals surface area (Å²) in [6.07, 6.45) is 3.28. The van der Waals surface area contributed by atoms with Gasteiger partial charge in [0.05, 0.1) is 29.9 Å². The van der Waals surface area contributed by atoms with Crippen molar-refractivity contribution in [1.29, 1.82) is 0 Å². The minimum atomic E-state index is -0.573. The number of hydrogen-bond donors (Lipinski definition) is 2. The standard InChI is InChI=1S/C32H35N5O5S/c1-19-16-23(42-22-9-5-4-6-10-22)11-12-24(19)37-25-13-14-33-30-26(25)27(35-32(37)40)28(43-30)29(38)34-21-8-7-15-36(17-21)31(39)20(2)18-41-3/h4-6,9-14,16,20-21,27-28H,7-8,15,17-18H2,1-3H3,(H,34,38)(H,35,40)/t20?,21-,27?,28?/m1/s1. The lowest BCUT2D eigenvalue weighted by Gasteiger charge is -2.36. The molecule has 6 rings (SSSR count). The summed E-state index contributed by atoms with van der Waals surface area (Å²) in [6, 6.07) is 16.0. The fourth-order valence-electron chi connectivity index (χ4n) is 6.04. The molecule has 3 aliphatic heterocycles. The molecule has 11 heteroatoms. The number of pyridine rings is 1. The number of thioether (sulfide) groups is 1. The van der Waals surface area contributed by atoms with E-state index >= 15 is 0 Å². The number of aromatic nitrogens is 1. The molecule has 4 amide bonds. The van der Waals surface area contributed by atoms with Crippen LogP contribution < -0.4 is 20.3 Å². The van der Waals surface area contributed by atoms with E-state index in [0.717, 1.165) is 40.4 Å². The van der Waals surface area contributed by atoms with Crippen molar-refractivity contribution in [3.63, 3.8) is 0 Å². The number of rotatable bonds is 8. The largest absolute Gasteiger partial charge is 0.457 e. The first-order valence-electron chi connectivity index (χ1n) is 14.5. The Morgan fingerprint density at radius 3 is 2.72 bits per heavy atom. The Bertz CT molecular complexity index is 1540. The van der Waals surface area contributed by atoms with Gasteiger partial charge in [-0.2, -0.15) is 0 Å². The first-order valence-corrected chi connectivity index (χ1v) is 15.4. The van der Waals surface area contributed by atoms with E-state index in [0.29, 0.717) is 31.1 Å². The monoisotopic (exact) mass is 601 g/mol. The predicted octanol–water partition coefficient (Wildman–Crippen LogP) is 4.95. The summed E-state index contributed by atoms with van der Waals surface area (Å²) in [4.78, 5) is 48.1. The molecule has 3 aliphatic rings. The van der Waals surface area contributed by atoms with Gasteiger partial charge < -0.3 is 25.0 Å². The highest BCUT2D eigenvalue weighted by Gasteiger charge is 2.47. The van der Waals surface area contributed by atoms with Crippen molar-refractivity contribution in [2.45, 2.75) is 49.0 Å². The predicted molar refractivity (Wildman–Crippen MR) is 164 cm³/mol. The number of para-hydroxylation sites is 1. The molecule has 0 saturated carbocycles. The van der Waals surface area contributed by atoms with Crippen LogP contribution in [0.2, 0.25) is 0 Å². The molecule has 1 saturated heterocycles. The second kappa shape index (κ2) is 12.3. The Hall–Kier alpha value is -4.09. The van der Waals surface area contributed by atoms with Gasteiger partial charge in [-0.3, -0.25) is 14.5 Å². The number of piperidine rings is 1. The first-order chi connectivity index (χ1) is 20.8. The van der Waals surface area contributed by atoms with Gasteiger partial charge in [0.2, 0.25) is 11.8 Å². The van der Waals surface area contributed by atoms with Crippen molar-refractivity contribution < 1.29 is 23.9 Å². The quantitative estimate of drug-likeness (QED) is 0.376. The smallest absolute Gasteiger partial charge is 0.327 e. The first kappa shape index (κ1) is 29.0. The van der Waals surface area contributed by atoms with Crippen LogP contribution in [0, 0.1) is 12.8 Å². The molecule has 43 heavy (non-hydrogen) atoms. The van der Waals surface area contributed by atoms with Crippen LogP contribution in [0.15, 0.2) is 65.8 Å². The number of likely N-dealkylation sites (tertiary alicyclic amines) is 1. The summed E-state index contributed by atoms with van der Waals surface area (Å²) in [5.74, 6) is 1.03. The molecule has 0 aliphatic carbocycles. The number of nitrogens with one attached hydrogen (secondary N) is 2. The van der Waals surface area contributed by atoms with Crippen LogP contribution in [0.4, 0.5) is 16.2 Å². The molecule has 0 spiro atoms. The van der Waals surface area contributed by atoms with Gasteiger partial charge in [0.1, 0.15) is 21.8 Å². The number of urea groups is 1. The summed E-state index contributed by atoms with van der Waals surface area (Å²) < 4.78 is 11.1. The van der Waals surface area contributed by atoms with E-state index in [1.165, 1.54) is 11.8 Å². The van der Waals surface area contributed by atoms with E-state index < -0.39 is 11.3 Å². The van der Waals surface area contributed by atoms with Crippen LogP contribution in [-0.2, 0) is 14.3 Å². The second-order valence-electron chi connectivity index (χ2n) is 11.2. The number of ether oxygens (including phenoxy) is 2. The molecule has 0 radical (unpaired) electrons. The van der Waals surface area contributed by atoms with E-state index in [9.17, 15) is 14.4 Å². The fourth-order valence-corrected chi connectivity index (χ4v) is 7.28. The number of aryl methyl sites for hydroxylation is 1. The van der Waals surface area contributed by atoms with Gasteiger partial charge in [0, 0.05) is 38.0 Å². The summed E-state index contributed by atoms with van der Waals surface area (Å²) in [7, 11) is 1.59. The lowest BCUT2D eigenvalue weighted by Crippen LogP contribution is -2.54. The third-order valence-corrected chi connectivity index (χ3v) is 9.36. The van der Waals surface area contributed by atoms with Crippen molar-refractivity contribution in [2.24, 2.45) is 5.92 Å². The minimum Gasteiger partial charge on any atom is -0.457 e. The molecule has 1 fully saturated rings. The molecule has 2 N–H and O–H groups in total. The maximum absolute atomic E-state index is 13.6. The molecule has 0 bridgehead atoms. The van der Waals surface area contributed by atoms with Gasteiger partial charge in [-0.15, -0.1) is 0 Å². The van der Waals surface area contributed by atoms with E-state index in [1.807, 2.05) is 73.3 Å². The normalized spacial score (nSPS) is 21.6. The van der Waals surface area contributed by atoms with Crippen LogP contribution in [0.5, 0.6) is 11.5 Å². The lowest BCUT2D eigenvalue weighted by molar-refractivity contribution is -0.138. The molecule has 1 aromatic heterocycles. The highest BCUT2D eigenvalue weighted by Crippen LogP contribution is 2.51. The third kappa shape index (κ3) is 5.79. The maximum atomic E-state index is 13.6. The third-order valence-electron chi connectivity index (χ3n) is 8.07. The van der Waals surface area contributed by atoms with Crippen molar-refractivity contribution in [3.05, 3.63) is 71.9 Å². The summed E-state index contributed by atoms with van der Waals surface area (Å²) in [5.41, 5.74) is 3.13. The van der Waals surface area contributed by atoms with Crippen LogP contribution >= 0.6 is 11.8 Å². The van der Waals surface area contributed by atoms with Crippen molar-refractivity contribution in [1.82, 2.24) is 20.5 Å². The molecule has 3 unspecified atom stereocenters. The molecule has 2 aromatic carbocycles. The molecule has 224 valence electrons. The Labute approximate surface area is 255 Å². The van der Waals surface area contributed by atoms with E-state index in [2.05, 4.69) is 15.6 Å². The van der Waals surface area contributed by atoms with Crippen molar-refractivity contribution in [2.75, 3.05) is 31.7 Å². The molecular weight excluding hydrogens is 566 g/mol. The lowest BCUT2D eigenvalue weighted by atomic mass is 9.98. The SMILES string of the molecule is COCC(C)C(=O)N1CCC[C@@H](NC(=O)C2Sc3nccc4c3C2NC(=O)N4c2ccc(Oc3ccccc3)cc2C)C1. The van der Waals surface area contributed by atoms with Gasteiger partial charge in [0.15, 0.2) is 0 Å². The van der Waals surface area contributed by atoms with E-state index in [1.54, 1.807) is 18.2 Å². The Kier molecular flexibility index (Phi) is 8.27. The number of anilines is 2. The molecule has 10 nitrogen and oxygen atoms in total. The number of carbonyl (C=O) groups is 3. The highest BCUT2D eigenvalue weighted by atomic mass is 32.2. The number of nitrogens with zero attached hydrogens (tertiary/aromatic N) is 3. The van der Waals surface area contributed by atoms with E-state index in [4.69, 9.17) is 9.47 Å². The van der Waals surface area contributed by atoms with Crippen LogP contribution in [0.1, 0.15) is 36.9 Å². The Morgan fingerprint density at radius 1 is 1.14 bits per heavy atom. The highest BCUT2D eigenvalue weighted by molar-refractivity contribution is 8.01. The Morgan fingerprint density at radius 2 is 1.95 bits per heavy atom. The van der Waals surface area contributed by atoms with Gasteiger partial charge in [-0.25, -0.2) is 9.78 Å². The number of carbonyl (C=O) groups excluding carboxylic acids is 3. The van der Waals surface area contributed by atoms with E-state index in [-0.39, 0.29) is 29.8 Å². The molecular formula is C32H35N5O5S. The summed E-state index contributed by atoms with van der Waals surface area (Å²) in [6.45, 7) is 5.29. The number of methoxy groups -OCH3 is 1. The molecule has 3 aromatic rings. The van der Waals surface area contributed by atoms with Gasteiger partial charge in [0.25, 0.3) is 0 Å².